The highest BCUT2D eigenvalue weighted by Gasteiger charge is 2.47. The minimum Gasteiger partial charge on any atom is -0.507 e. The first-order valence-electron chi connectivity index (χ1n) is 12.8. The van der Waals surface area contributed by atoms with E-state index < -0.39 is 17.7 Å². The minimum atomic E-state index is -0.685. The lowest BCUT2D eigenvalue weighted by Crippen LogP contribution is -2.36. The second-order valence-corrected chi connectivity index (χ2v) is 9.65. The lowest BCUT2D eigenvalue weighted by atomic mass is 9.95. The van der Waals surface area contributed by atoms with E-state index in [2.05, 4.69) is 6.92 Å². The van der Waals surface area contributed by atoms with Crippen molar-refractivity contribution < 1.29 is 24.2 Å². The number of benzene rings is 2. The third kappa shape index (κ3) is 5.57. The molecule has 2 aromatic rings. The topological polar surface area (TPSA) is 79.3 Å². The number of rotatable bonds is 10. The van der Waals surface area contributed by atoms with E-state index >= 15 is 0 Å². The number of aliphatic hydroxyl groups excluding tert-OH is 1. The second kappa shape index (κ2) is 11.6. The molecule has 7 nitrogen and oxygen atoms in total. The van der Waals surface area contributed by atoms with E-state index in [1.165, 1.54) is 0 Å². The van der Waals surface area contributed by atoms with Crippen molar-refractivity contribution in [3.63, 3.8) is 0 Å². The lowest BCUT2D eigenvalue weighted by molar-refractivity contribution is -0.140. The first-order valence-corrected chi connectivity index (χ1v) is 12.8. The van der Waals surface area contributed by atoms with Crippen molar-refractivity contribution in [2.45, 2.75) is 51.2 Å². The van der Waals surface area contributed by atoms with Crippen LogP contribution in [-0.2, 0) is 14.3 Å². The number of ether oxygens (including phenoxy) is 2. The number of ketones is 1. The third-order valence-corrected chi connectivity index (χ3v) is 6.83. The number of aliphatic hydroxyl groups is 1. The Bertz CT molecular complexity index is 1090. The molecule has 2 aliphatic rings. The number of Topliss-reactive ketones (excluding diaryl/α,β-unsaturated/α-hetero) is 1. The van der Waals surface area contributed by atoms with Gasteiger partial charge in [0, 0.05) is 38.5 Å². The summed E-state index contributed by atoms with van der Waals surface area (Å²) in [5.74, 6) is -0.753. The Kier molecular flexibility index (Phi) is 8.31. The van der Waals surface area contributed by atoms with Gasteiger partial charge in [0.25, 0.3) is 11.7 Å². The van der Waals surface area contributed by atoms with Crippen LogP contribution < -0.4 is 9.64 Å². The SMILES string of the molecule is CCCCCOc1ccc(/C(O)=C2/C(=O)C(=O)N(CC3CCCO3)C2c2ccc(N(C)C)cc2)cc1. The lowest BCUT2D eigenvalue weighted by Gasteiger charge is -2.28. The Morgan fingerprint density at radius 3 is 2.42 bits per heavy atom. The fraction of sp³-hybridized carbons (Fsp3) is 0.448. The van der Waals surface area contributed by atoms with Crippen LogP contribution in [-0.4, -0.2) is 61.7 Å². The Hall–Kier alpha value is -3.32. The van der Waals surface area contributed by atoms with Gasteiger partial charge >= 0.3 is 0 Å². The molecule has 192 valence electrons. The largest absolute Gasteiger partial charge is 0.507 e. The maximum Gasteiger partial charge on any atom is 0.295 e. The summed E-state index contributed by atoms with van der Waals surface area (Å²) in [4.78, 5) is 30.0. The van der Waals surface area contributed by atoms with Gasteiger partial charge in [0.05, 0.1) is 24.3 Å². The van der Waals surface area contributed by atoms with Gasteiger partial charge in [-0.2, -0.15) is 0 Å². The molecule has 1 amide bonds. The quantitative estimate of drug-likeness (QED) is 0.219. The van der Waals surface area contributed by atoms with Crippen molar-refractivity contribution in [2.24, 2.45) is 0 Å². The number of nitrogens with zero attached hydrogens (tertiary/aromatic N) is 2. The normalized spacial score (nSPS) is 21.2. The zero-order valence-electron chi connectivity index (χ0n) is 21.4. The molecule has 36 heavy (non-hydrogen) atoms. The summed E-state index contributed by atoms with van der Waals surface area (Å²) in [5, 5.41) is 11.3. The first kappa shape index (κ1) is 25.8. The van der Waals surface area contributed by atoms with E-state index in [4.69, 9.17) is 9.47 Å². The van der Waals surface area contributed by atoms with Gasteiger partial charge in [-0.15, -0.1) is 0 Å². The standard InChI is InChI=1S/C29H36N2O5/c1-4-5-6-17-35-23-15-11-21(12-16-23)27(32)25-26(20-9-13-22(14-10-20)30(2)3)31(29(34)28(25)33)19-24-8-7-18-36-24/h9-16,24,26,32H,4-8,17-19H2,1-3H3/b27-25-. The fourth-order valence-electron chi connectivity index (χ4n) is 4.78. The number of unbranched alkanes of at least 4 members (excludes halogenated alkanes) is 2. The monoisotopic (exact) mass is 492 g/mol. The van der Waals surface area contributed by atoms with Crippen molar-refractivity contribution >= 4 is 23.1 Å². The highest BCUT2D eigenvalue weighted by molar-refractivity contribution is 6.46. The average Bonchev–Trinajstić information content (AvgIpc) is 3.49. The van der Waals surface area contributed by atoms with E-state index in [0.29, 0.717) is 31.1 Å². The van der Waals surface area contributed by atoms with Crippen molar-refractivity contribution in [3.8, 4) is 5.75 Å². The smallest absolute Gasteiger partial charge is 0.295 e. The first-order chi connectivity index (χ1) is 17.4. The molecule has 2 atom stereocenters. The second-order valence-electron chi connectivity index (χ2n) is 9.65. The molecule has 0 spiro atoms. The highest BCUT2D eigenvalue weighted by Crippen LogP contribution is 2.40. The molecule has 0 radical (unpaired) electrons. The van der Waals surface area contributed by atoms with E-state index in [-0.39, 0.29) is 17.4 Å². The van der Waals surface area contributed by atoms with Gasteiger partial charge in [-0.1, -0.05) is 31.9 Å². The molecule has 0 aliphatic carbocycles. The van der Waals surface area contributed by atoms with Gasteiger partial charge in [-0.3, -0.25) is 9.59 Å². The summed E-state index contributed by atoms with van der Waals surface area (Å²) in [6.07, 6.45) is 4.88. The van der Waals surface area contributed by atoms with Crippen LogP contribution >= 0.6 is 0 Å². The van der Waals surface area contributed by atoms with E-state index in [9.17, 15) is 14.7 Å². The Labute approximate surface area is 213 Å². The molecule has 2 unspecified atom stereocenters. The van der Waals surface area contributed by atoms with Gasteiger partial charge in [-0.05, 0) is 61.2 Å². The van der Waals surface area contributed by atoms with Crippen molar-refractivity contribution in [1.82, 2.24) is 4.90 Å². The van der Waals surface area contributed by atoms with Gasteiger partial charge < -0.3 is 24.4 Å². The molecule has 2 heterocycles. The van der Waals surface area contributed by atoms with Crippen LogP contribution in [0.25, 0.3) is 5.76 Å². The van der Waals surface area contributed by atoms with Crippen molar-refractivity contribution in [3.05, 3.63) is 65.2 Å². The minimum absolute atomic E-state index is 0.104. The summed E-state index contributed by atoms with van der Waals surface area (Å²) in [7, 11) is 3.91. The highest BCUT2D eigenvalue weighted by atomic mass is 16.5. The van der Waals surface area contributed by atoms with Crippen molar-refractivity contribution in [1.29, 1.82) is 0 Å². The summed E-state index contributed by atoms with van der Waals surface area (Å²) in [6, 6.07) is 14.1. The van der Waals surface area contributed by atoms with Crippen LogP contribution in [0, 0.1) is 0 Å². The third-order valence-electron chi connectivity index (χ3n) is 6.83. The Balaban J connectivity index is 1.67. The molecule has 7 heteroatoms. The maximum atomic E-state index is 13.3. The summed E-state index contributed by atoms with van der Waals surface area (Å²) >= 11 is 0. The Morgan fingerprint density at radius 1 is 1.08 bits per heavy atom. The molecule has 0 aromatic heterocycles. The number of anilines is 1. The molecule has 2 fully saturated rings. The molecular formula is C29H36N2O5. The molecule has 0 saturated carbocycles. The predicted molar refractivity (Wildman–Crippen MR) is 140 cm³/mol. The van der Waals surface area contributed by atoms with Crippen LogP contribution in [0.2, 0.25) is 0 Å². The van der Waals surface area contributed by atoms with E-state index in [0.717, 1.165) is 43.4 Å². The summed E-state index contributed by atoms with van der Waals surface area (Å²) < 4.78 is 11.5. The fourth-order valence-corrected chi connectivity index (χ4v) is 4.78. The number of likely N-dealkylation sites (tertiary alicyclic amines) is 1. The zero-order chi connectivity index (χ0) is 25.7. The van der Waals surface area contributed by atoms with E-state index in [1.807, 2.05) is 43.3 Å². The molecule has 2 aliphatic heterocycles. The number of carbonyl (C=O) groups excluding carboxylic acids is 2. The van der Waals surface area contributed by atoms with Crippen molar-refractivity contribution in [2.75, 3.05) is 38.8 Å². The number of hydrogen-bond acceptors (Lipinski definition) is 6. The van der Waals surface area contributed by atoms with Gasteiger partial charge in [0.15, 0.2) is 0 Å². The Morgan fingerprint density at radius 2 is 1.81 bits per heavy atom. The predicted octanol–water partition coefficient (Wildman–Crippen LogP) is 4.92. The molecule has 0 bridgehead atoms. The van der Waals surface area contributed by atoms with Crippen LogP contribution in [0.15, 0.2) is 54.1 Å². The van der Waals surface area contributed by atoms with Crippen LogP contribution in [0.5, 0.6) is 5.75 Å². The maximum absolute atomic E-state index is 13.3. The van der Waals surface area contributed by atoms with Crippen LogP contribution in [0.4, 0.5) is 5.69 Å². The summed E-state index contributed by atoms with van der Waals surface area (Å²) in [5.41, 5.74) is 2.35. The summed E-state index contributed by atoms with van der Waals surface area (Å²) in [6.45, 7) is 3.75. The van der Waals surface area contributed by atoms with Gasteiger partial charge in [0.2, 0.25) is 0 Å². The molecule has 1 N–H and O–H groups in total. The zero-order valence-corrected chi connectivity index (χ0v) is 21.4. The molecular weight excluding hydrogens is 456 g/mol. The van der Waals surface area contributed by atoms with Crippen LogP contribution in [0.3, 0.4) is 0 Å². The molecule has 2 saturated heterocycles. The van der Waals surface area contributed by atoms with E-state index in [1.54, 1.807) is 29.2 Å². The molecule has 2 aromatic carbocycles. The van der Waals surface area contributed by atoms with Crippen LogP contribution in [0.1, 0.15) is 56.2 Å². The molecule has 4 rings (SSSR count). The van der Waals surface area contributed by atoms with Gasteiger partial charge in [0.1, 0.15) is 11.5 Å². The average molecular weight is 493 g/mol. The van der Waals surface area contributed by atoms with Gasteiger partial charge in [-0.25, -0.2) is 0 Å². The number of hydrogen-bond donors (Lipinski definition) is 1. The number of carbonyl (C=O) groups is 2. The number of amides is 1.